The van der Waals surface area contributed by atoms with E-state index >= 15 is 0 Å². The van der Waals surface area contributed by atoms with Crippen LogP contribution in [0.25, 0.3) is 0 Å². The Hall–Kier alpha value is -0.610. The van der Waals surface area contributed by atoms with Gasteiger partial charge in [-0.1, -0.05) is 23.7 Å². The van der Waals surface area contributed by atoms with Crippen molar-refractivity contribution < 1.29 is 14.6 Å². The minimum Gasteiger partial charge on any atom is -0.383 e. The standard InChI is InChI=1S/C10H13ClO3/c1-13-10(14-2)9(12)7-3-5-8(11)6-4-7/h3-6,9-10,12H,1-2H3/t9-/m0/s1. The Balaban J connectivity index is 2.77. The van der Waals surface area contributed by atoms with E-state index in [1.807, 2.05) is 0 Å². The molecule has 1 N–H and O–H groups in total. The zero-order valence-electron chi connectivity index (χ0n) is 8.11. The fourth-order valence-corrected chi connectivity index (χ4v) is 1.30. The van der Waals surface area contributed by atoms with Crippen molar-refractivity contribution in [1.82, 2.24) is 0 Å². The van der Waals surface area contributed by atoms with Gasteiger partial charge in [-0.05, 0) is 17.7 Å². The first-order valence-electron chi connectivity index (χ1n) is 4.18. The predicted molar refractivity (Wildman–Crippen MR) is 54.2 cm³/mol. The van der Waals surface area contributed by atoms with Crippen molar-refractivity contribution in [3.8, 4) is 0 Å². The van der Waals surface area contributed by atoms with E-state index in [0.717, 1.165) is 0 Å². The fraction of sp³-hybridized carbons (Fsp3) is 0.400. The predicted octanol–water partition coefficient (Wildman–Crippen LogP) is 1.99. The molecule has 0 heterocycles. The largest absolute Gasteiger partial charge is 0.383 e. The van der Waals surface area contributed by atoms with Gasteiger partial charge in [0.15, 0.2) is 6.29 Å². The topological polar surface area (TPSA) is 38.7 Å². The van der Waals surface area contributed by atoms with Crippen LogP contribution in [0.3, 0.4) is 0 Å². The Morgan fingerprint density at radius 2 is 1.64 bits per heavy atom. The highest BCUT2D eigenvalue weighted by atomic mass is 35.5. The molecule has 4 heteroatoms. The fourth-order valence-electron chi connectivity index (χ4n) is 1.17. The maximum absolute atomic E-state index is 9.78. The van der Waals surface area contributed by atoms with E-state index in [4.69, 9.17) is 21.1 Å². The first kappa shape index (κ1) is 11.5. The number of benzene rings is 1. The summed E-state index contributed by atoms with van der Waals surface area (Å²) in [5.41, 5.74) is 0.711. The van der Waals surface area contributed by atoms with Gasteiger partial charge in [0.05, 0.1) is 0 Å². The molecule has 0 spiro atoms. The molecular weight excluding hydrogens is 204 g/mol. The lowest BCUT2D eigenvalue weighted by Crippen LogP contribution is -2.22. The molecule has 0 aliphatic carbocycles. The second-order valence-corrected chi connectivity index (χ2v) is 3.27. The summed E-state index contributed by atoms with van der Waals surface area (Å²) in [6, 6.07) is 6.89. The number of aliphatic hydroxyl groups is 1. The number of halogens is 1. The molecule has 0 aromatic heterocycles. The van der Waals surface area contributed by atoms with Crippen molar-refractivity contribution in [3.63, 3.8) is 0 Å². The minimum atomic E-state index is -0.803. The maximum Gasteiger partial charge on any atom is 0.187 e. The summed E-state index contributed by atoms with van der Waals surface area (Å²) in [5.74, 6) is 0. The molecule has 0 saturated carbocycles. The third-order valence-electron chi connectivity index (χ3n) is 1.93. The number of ether oxygens (including phenoxy) is 2. The van der Waals surface area contributed by atoms with Crippen LogP contribution in [0.15, 0.2) is 24.3 Å². The summed E-state index contributed by atoms with van der Waals surface area (Å²) < 4.78 is 9.88. The van der Waals surface area contributed by atoms with Gasteiger partial charge < -0.3 is 14.6 Å². The highest BCUT2D eigenvalue weighted by Gasteiger charge is 2.19. The highest BCUT2D eigenvalue weighted by Crippen LogP contribution is 2.20. The maximum atomic E-state index is 9.78. The van der Waals surface area contributed by atoms with Gasteiger partial charge in [0.2, 0.25) is 0 Å². The molecule has 1 atom stereocenters. The molecule has 0 fully saturated rings. The third-order valence-corrected chi connectivity index (χ3v) is 2.19. The van der Waals surface area contributed by atoms with Crippen molar-refractivity contribution in [2.24, 2.45) is 0 Å². The van der Waals surface area contributed by atoms with E-state index in [1.54, 1.807) is 24.3 Å². The number of methoxy groups -OCH3 is 2. The van der Waals surface area contributed by atoms with Gasteiger partial charge >= 0.3 is 0 Å². The molecule has 0 bridgehead atoms. The smallest absolute Gasteiger partial charge is 0.187 e. The van der Waals surface area contributed by atoms with Gasteiger partial charge in [0.1, 0.15) is 6.10 Å². The zero-order valence-corrected chi connectivity index (χ0v) is 8.86. The number of aliphatic hydroxyl groups excluding tert-OH is 1. The van der Waals surface area contributed by atoms with Gasteiger partial charge in [-0.25, -0.2) is 0 Å². The number of hydrogen-bond donors (Lipinski definition) is 1. The van der Waals surface area contributed by atoms with Crippen molar-refractivity contribution in [3.05, 3.63) is 34.9 Å². The van der Waals surface area contributed by atoms with Crippen LogP contribution in [0.4, 0.5) is 0 Å². The Kier molecular flexibility index (Phi) is 4.35. The Morgan fingerprint density at radius 1 is 1.14 bits per heavy atom. The summed E-state index contributed by atoms with van der Waals surface area (Å²) in [4.78, 5) is 0. The van der Waals surface area contributed by atoms with Gasteiger partial charge in [-0.2, -0.15) is 0 Å². The summed E-state index contributed by atoms with van der Waals surface area (Å²) in [6.45, 7) is 0. The van der Waals surface area contributed by atoms with Gasteiger partial charge in [0, 0.05) is 19.2 Å². The van der Waals surface area contributed by atoms with Crippen LogP contribution in [-0.4, -0.2) is 25.6 Å². The van der Waals surface area contributed by atoms with Crippen molar-refractivity contribution in [2.45, 2.75) is 12.4 Å². The summed E-state index contributed by atoms with van der Waals surface area (Å²) in [7, 11) is 2.96. The van der Waals surface area contributed by atoms with Gasteiger partial charge in [-0.3, -0.25) is 0 Å². The summed E-state index contributed by atoms with van der Waals surface area (Å²) >= 11 is 5.72. The van der Waals surface area contributed by atoms with Crippen molar-refractivity contribution in [1.29, 1.82) is 0 Å². The molecule has 1 aromatic rings. The van der Waals surface area contributed by atoms with E-state index in [-0.39, 0.29) is 0 Å². The molecule has 0 amide bonds. The average molecular weight is 217 g/mol. The molecule has 78 valence electrons. The quantitative estimate of drug-likeness (QED) is 0.783. The van der Waals surface area contributed by atoms with Gasteiger partial charge in [0.25, 0.3) is 0 Å². The molecule has 0 aliphatic heterocycles. The van der Waals surface area contributed by atoms with Crippen LogP contribution in [0.2, 0.25) is 5.02 Å². The first-order valence-corrected chi connectivity index (χ1v) is 4.56. The normalized spacial score (nSPS) is 13.2. The third kappa shape index (κ3) is 2.69. The first-order chi connectivity index (χ1) is 6.69. The molecule has 0 aliphatic rings. The number of rotatable bonds is 4. The Morgan fingerprint density at radius 3 is 2.07 bits per heavy atom. The summed E-state index contributed by atoms with van der Waals surface area (Å²) in [5, 5.41) is 10.4. The SMILES string of the molecule is COC(OC)[C@@H](O)c1ccc(Cl)cc1. The lowest BCUT2D eigenvalue weighted by molar-refractivity contribution is -0.166. The van der Waals surface area contributed by atoms with Crippen LogP contribution in [0.5, 0.6) is 0 Å². The van der Waals surface area contributed by atoms with E-state index < -0.39 is 12.4 Å². The lowest BCUT2D eigenvalue weighted by Gasteiger charge is -2.20. The van der Waals surface area contributed by atoms with Crippen LogP contribution in [0.1, 0.15) is 11.7 Å². The van der Waals surface area contributed by atoms with Crippen molar-refractivity contribution >= 4 is 11.6 Å². The second kappa shape index (κ2) is 5.32. The van der Waals surface area contributed by atoms with Crippen molar-refractivity contribution in [2.75, 3.05) is 14.2 Å². The van der Waals surface area contributed by atoms with Crippen LogP contribution < -0.4 is 0 Å². The molecule has 14 heavy (non-hydrogen) atoms. The monoisotopic (exact) mass is 216 g/mol. The average Bonchev–Trinajstić information content (AvgIpc) is 2.20. The molecule has 1 aromatic carbocycles. The van der Waals surface area contributed by atoms with Crippen LogP contribution in [0, 0.1) is 0 Å². The highest BCUT2D eigenvalue weighted by molar-refractivity contribution is 6.30. The molecule has 0 unspecified atom stereocenters. The summed E-state index contributed by atoms with van der Waals surface area (Å²) in [6.07, 6.45) is -1.46. The molecule has 0 saturated heterocycles. The zero-order chi connectivity index (χ0) is 10.6. The Bertz CT molecular complexity index is 269. The van der Waals surface area contributed by atoms with E-state index in [0.29, 0.717) is 10.6 Å². The molecule has 1 rings (SSSR count). The Labute approximate surface area is 88.2 Å². The minimum absolute atomic E-state index is 0.632. The van der Waals surface area contributed by atoms with Crippen LogP contribution >= 0.6 is 11.6 Å². The van der Waals surface area contributed by atoms with E-state index in [2.05, 4.69) is 0 Å². The van der Waals surface area contributed by atoms with Gasteiger partial charge in [-0.15, -0.1) is 0 Å². The lowest BCUT2D eigenvalue weighted by atomic mass is 10.1. The molecule has 3 nitrogen and oxygen atoms in total. The van der Waals surface area contributed by atoms with E-state index in [1.165, 1.54) is 14.2 Å². The molecule has 0 radical (unpaired) electrons. The van der Waals surface area contributed by atoms with Crippen LogP contribution in [-0.2, 0) is 9.47 Å². The molecular formula is C10H13ClO3. The van der Waals surface area contributed by atoms with E-state index in [9.17, 15) is 5.11 Å². The second-order valence-electron chi connectivity index (χ2n) is 2.84. The number of hydrogen-bond acceptors (Lipinski definition) is 3.